The number of nitrogens with one attached hydrogen (secondary N) is 1. The number of anilines is 1. The summed E-state index contributed by atoms with van der Waals surface area (Å²) in [5.41, 5.74) is 6.21. The Kier molecular flexibility index (Phi) is 4.50. The summed E-state index contributed by atoms with van der Waals surface area (Å²) in [6, 6.07) is 12.3. The van der Waals surface area contributed by atoms with Gasteiger partial charge in [0.05, 0.1) is 11.3 Å². The van der Waals surface area contributed by atoms with E-state index in [0.717, 1.165) is 5.56 Å². The van der Waals surface area contributed by atoms with Crippen molar-refractivity contribution in [3.05, 3.63) is 59.1 Å². The van der Waals surface area contributed by atoms with E-state index in [0.29, 0.717) is 10.7 Å². The Balaban J connectivity index is 2.16. The SMILES string of the molecule is NC(=O)Cc1ccc(NS(=O)(=O)c2ccc(Cl)cc2)cc1. The van der Waals surface area contributed by atoms with Gasteiger partial charge in [-0.15, -0.1) is 0 Å². The molecule has 0 aliphatic heterocycles. The lowest BCUT2D eigenvalue weighted by Crippen LogP contribution is -2.14. The number of carbonyl (C=O) groups is 1. The van der Waals surface area contributed by atoms with Crippen LogP contribution in [0.2, 0.25) is 5.02 Å². The highest BCUT2D eigenvalue weighted by Gasteiger charge is 2.13. The molecule has 0 unspecified atom stereocenters. The fourth-order valence-electron chi connectivity index (χ4n) is 1.72. The standard InChI is InChI=1S/C14H13ClN2O3S/c15-11-3-7-13(8-4-11)21(19,20)17-12-5-1-10(2-6-12)9-14(16)18/h1-8,17H,9H2,(H2,16,18). The first-order chi connectivity index (χ1) is 9.87. The van der Waals surface area contributed by atoms with E-state index < -0.39 is 15.9 Å². The monoisotopic (exact) mass is 324 g/mol. The lowest BCUT2D eigenvalue weighted by atomic mass is 10.1. The van der Waals surface area contributed by atoms with E-state index in [2.05, 4.69) is 4.72 Å². The van der Waals surface area contributed by atoms with E-state index >= 15 is 0 Å². The molecule has 7 heteroatoms. The molecule has 21 heavy (non-hydrogen) atoms. The van der Waals surface area contributed by atoms with Gasteiger partial charge in [0.1, 0.15) is 0 Å². The molecule has 0 aliphatic rings. The van der Waals surface area contributed by atoms with Crippen molar-refractivity contribution in [3.8, 4) is 0 Å². The molecule has 0 bridgehead atoms. The summed E-state index contributed by atoms with van der Waals surface area (Å²) in [6.07, 6.45) is 0.115. The molecule has 1 amide bonds. The highest BCUT2D eigenvalue weighted by Crippen LogP contribution is 2.18. The number of primary amides is 1. The number of nitrogens with two attached hydrogens (primary N) is 1. The van der Waals surface area contributed by atoms with E-state index in [1.165, 1.54) is 24.3 Å². The maximum atomic E-state index is 12.1. The van der Waals surface area contributed by atoms with Gasteiger partial charge in [-0.1, -0.05) is 23.7 Å². The summed E-state index contributed by atoms with van der Waals surface area (Å²) >= 11 is 5.73. The van der Waals surface area contributed by atoms with Crippen LogP contribution in [0.3, 0.4) is 0 Å². The van der Waals surface area contributed by atoms with E-state index in [-0.39, 0.29) is 11.3 Å². The number of hydrogen-bond donors (Lipinski definition) is 2. The molecule has 0 aromatic heterocycles. The Morgan fingerprint density at radius 3 is 2.14 bits per heavy atom. The Bertz CT molecular complexity index is 741. The van der Waals surface area contributed by atoms with Gasteiger partial charge in [-0.25, -0.2) is 8.42 Å². The number of halogens is 1. The number of carbonyl (C=O) groups excluding carboxylic acids is 1. The molecule has 2 aromatic carbocycles. The number of benzene rings is 2. The molecule has 0 spiro atoms. The van der Waals surface area contributed by atoms with Crippen molar-refractivity contribution in [3.63, 3.8) is 0 Å². The van der Waals surface area contributed by atoms with Gasteiger partial charge in [-0.3, -0.25) is 9.52 Å². The van der Waals surface area contributed by atoms with E-state index in [9.17, 15) is 13.2 Å². The van der Waals surface area contributed by atoms with Gasteiger partial charge >= 0.3 is 0 Å². The zero-order valence-electron chi connectivity index (χ0n) is 10.9. The van der Waals surface area contributed by atoms with Gasteiger partial charge < -0.3 is 5.73 Å². The number of rotatable bonds is 5. The van der Waals surface area contributed by atoms with E-state index in [4.69, 9.17) is 17.3 Å². The second-order valence-electron chi connectivity index (χ2n) is 4.40. The van der Waals surface area contributed by atoms with Crippen LogP contribution in [0.4, 0.5) is 5.69 Å². The third kappa shape index (κ3) is 4.21. The third-order valence-electron chi connectivity index (χ3n) is 2.71. The Morgan fingerprint density at radius 1 is 1.05 bits per heavy atom. The van der Waals surface area contributed by atoms with Gasteiger partial charge in [0.2, 0.25) is 5.91 Å². The fourth-order valence-corrected chi connectivity index (χ4v) is 2.90. The number of sulfonamides is 1. The van der Waals surface area contributed by atoms with Crippen LogP contribution in [0.15, 0.2) is 53.4 Å². The molecule has 0 radical (unpaired) electrons. The topological polar surface area (TPSA) is 89.3 Å². The van der Waals surface area contributed by atoms with Crippen molar-refractivity contribution in [1.29, 1.82) is 0 Å². The number of amides is 1. The first kappa shape index (κ1) is 15.3. The Labute approximate surface area is 127 Å². The predicted octanol–water partition coefficient (Wildman–Crippen LogP) is 2.17. The molecule has 0 saturated heterocycles. The van der Waals surface area contributed by atoms with Gasteiger partial charge in [0.25, 0.3) is 10.0 Å². The van der Waals surface area contributed by atoms with Crippen LogP contribution in [-0.4, -0.2) is 14.3 Å². The fraction of sp³-hybridized carbons (Fsp3) is 0.0714. The smallest absolute Gasteiger partial charge is 0.261 e. The van der Waals surface area contributed by atoms with Crippen molar-refractivity contribution in [2.75, 3.05) is 4.72 Å². The van der Waals surface area contributed by atoms with E-state index in [1.807, 2.05) is 0 Å². The summed E-state index contributed by atoms with van der Waals surface area (Å²) in [5.74, 6) is -0.440. The largest absolute Gasteiger partial charge is 0.369 e. The predicted molar refractivity (Wildman–Crippen MR) is 81.6 cm³/mol. The van der Waals surface area contributed by atoms with Crippen LogP contribution in [0.1, 0.15) is 5.56 Å². The molecule has 0 saturated carbocycles. The number of hydrogen-bond acceptors (Lipinski definition) is 3. The Morgan fingerprint density at radius 2 is 1.62 bits per heavy atom. The normalized spacial score (nSPS) is 11.1. The first-order valence-corrected chi connectivity index (χ1v) is 7.88. The van der Waals surface area contributed by atoms with Crippen LogP contribution in [-0.2, 0) is 21.2 Å². The van der Waals surface area contributed by atoms with Crippen molar-refractivity contribution in [2.24, 2.45) is 5.73 Å². The lowest BCUT2D eigenvalue weighted by molar-refractivity contribution is -0.117. The van der Waals surface area contributed by atoms with E-state index in [1.54, 1.807) is 24.3 Å². The Hall–Kier alpha value is -2.05. The van der Waals surface area contributed by atoms with Crippen LogP contribution < -0.4 is 10.5 Å². The van der Waals surface area contributed by atoms with Gasteiger partial charge in [-0.2, -0.15) is 0 Å². The first-order valence-electron chi connectivity index (χ1n) is 6.02. The molecule has 0 aliphatic carbocycles. The maximum Gasteiger partial charge on any atom is 0.261 e. The summed E-state index contributed by atoms with van der Waals surface area (Å²) in [7, 11) is -3.67. The van der Waals surface area contributed by atoms with Gasteiger partial charge in [0, 0.05) is 10.7 Å². The van der Waals surface area contributed by atoms with Crippen molar-refractivity contribution < 1.29 is 13.2 Å². The summed E-state index contributed by atoms with van der Waals surface area (Å²) in [6.45, 7) is 0. The summed E-state index contributed by atoms with van der Waals surface area (Å²) in [5, 5.41) is 0.463. The molecule has 110 valence electrons. The second-order valence-corrected chi connectivity index (χ2v) is 6.52. The quantitative estimate of drug-likeness (QED) is 0.883. The van der Waals surface area contributed by atoms with Crippen LogP contribution in [0, 0.1) is 0 Å². The molecule has 0 fully saturated rings. The van der Waals surface area contributed by atoms with Crippen molar-refractivity contribution in [1.82, 2.24) is 0 Å². The second kappa shape index (κ2) is 6.15. The van der Waals surface area contributed by atoms with Crippen LogP contribution in [0.5, 0.6) is 0 Å². The zero-order chi connectivity index (χ0) is 15.5. The molecular formula is C14H13ClN2O3S. The minimum absolute atomic E-state index is 0.115. The van der Waals surface area contributed by atoms with Crippen LogP contribution >= 0.6 is 11.6 Å². The molecule has 2 aromatic rings. The molecule has 2 rings (SSSR count). The highest BCUT2D eigenvalue weighted by atomic mass is 35.5. The lowest BCUT2D eigenvalue weighted by Gasteiger charge is -2.08. The molecule has 5 nitrogen and oxygen atoms in total. The maximum absolute atomic E-state index is 12.1. The van der Waals surface area contributed by atoms with Gasteiger partial charge in [0.15, 0.2) is 0 Å². The molecule has 3 N–H and O–H groups in total. The van der Waals surface area contributed by atoms with Crippen molar-refractivity contribution >= 4 is 33.2 Å². The highest BCUT2D eigenvalue weighted by molar-refractivity contribution is 7.92. The average Bonchev–Trinajstić information content (AvgIpc) is 2.40. The molecule has 0 atom stereocenters. The molecule has 0 heterocycles. The van der Waals surface area contributed by atoms with Gasteiger partial charge in [-0.05, 0) is 42.0 Å². The van der Waals surface area contributed by atoms with Crippen molar-refractivity contribution in [2.45, 2.75) is 11.3 Å². The molecular weight excluding hydrogens is 312 g/mol. The summed E-state index contributed by atoms with van der Waals surface area (Å²) in [4.78, 5) is 10.9. The summed E-state index contributed by atoms with van der Waals surface area (Å²) < 4.78 is 26.7. The third-order valence-corrected chi connectivity index (χ3v) is 4.36. The minimum atomic E-state index is -3.67. The zero-order valence-corrected chi connectivity index (χ0v) is 12.5. The van der Waals surface area contributed by atoms with Crippen LogP contribution in [0.25, 0.3) is 0 Å². The minimum Gasteiger partial charge on any atom is -0.369 e. The average molecular weight is 325 g/mol.